The summed E-state index contributed by atoms with van der Waals surface area (Å²) in [6.45, 7) is 2.07. The molecule has 7 heteroatoms. The molecule has 0 spiro atoms. The van der Waals surface area contributed by atoms with Crippen molar-refractivity contribution in [2.24, 2.45) is 0 Å². The molecular formula is C14H12ClFN4S. The molecule has 3 N–H and O–H groups in total. The fourth-order valence-electron chi connectivity index (χ4n) is 1.98. The van der Waals surface area contributed by atoms with Crippen LogP contribution in [0.25, 0.3) is 10.2 Å². The van der Waals surface area contributed by atoms with Crippen molar-refractivity contribution in [3.05, 3.63) is 40.0 Å². The molecular weight excluding hydrogens is 311 g/mol. The third-order valence-electron chi connectivity index (χ3n) is 2.99. The van der Waals surface area contributed by atoms with Gasteiger partial charge in [0.25, 0.3) is 0 Å². The van der Waals surface area contributed by atoms with Gasteiger partial charge in [0, 0.05) is 4.88 Å². The first-order valence-electron chi connectivity index (χ1n) is 6.35. The van der Waals surface area contributed by atoms with Crippen LogP contribution in [0.4, 0.5) is 21.8 Å². The molecule has 0 aliphatic carbocycles. The SMILES string of the molecule is CCc1cc2c(Nc3cc(F)ccc3Cl)nc(N)nc2s1. The lowest BCUT2D eigenvalue weighted by molar-refractivity contribution is 0.628. The van der Waals surface area contributed by atoms with Gasteiger partial charge < -0.3 is 11.1 Å². The fourth-order valence-corrected chi connectivity index (χ4v) is 3.12. The molecule has 0 aliphatic rings. The zero-order valence-electron chi connectivity index (χ0n) is 11.2. The fraction of sp³-hybridized carbons (Fsp3) is 0.143. The highest BCUT2D eigenvalue weighted by Gasteiger charge is 2.12. The van der Waals surface area contributed by atoms with Gasteiger partial charge >= 0.3 is 0 Å². The van der Waals surface area contributed by atoms with Gasteiger partial charge in [-0.15, -0.1) is 11.3 Å². The minimum Gasteiger partial charge on any atom is -0.368 e. The zero-order valence-corrected chi connectivity index (χ0v) is 12.7. The zero-order chi connectivity index (χ0) is 15.0. The summed E-state index contributed by atoms with van der Waals surface area (Å²) in [4.78, 5) is 10.4. The lowest BCUT2D eigenvalue weighted by Gasteiger charge is -2.09. The standard InChI is InChI=1S/C14H12ClFN4S/c1-2-8-6-9-12(19-14(17)20-13(9)21-8)18-11-5-7(16)3-4-10(11)15/h3-6H,2H2,1H3,(H3,17,18,19,20). The van der Waals surface area contributed by atoms with Gasteiger partial charge in [-0.05, 0) is 30.7 Å². The van der Waals surface area contributed by atoms with E-state index in [0.717, 1.165) is 16.6 Å². The van der Waals surface area contributed by atoms with Gasteiger partial charge in [-0.3, -0.25) is 0 Å². The molecule has 0 amide bonds. The second kappa shape index (κ2) is 5.46. The quantitative estimate of drug-likeness (QED) is 0.751. The number of nitrogen functional groups attached to an aromatic ring is 1. The number of nitrogens with one attached hydrogen (secondary N) is 1. The van der Waals surface area contributed by atoms with E-state index in [0.29, 0.717) is 16.5 Å². The monoisotopic (exact) mass is 322 g/mol. The molecule has 0 radical (unpaired) electrons. The number of benzene rings is 1. The highest BCUT2D eigenvalue weighted by Crippen LogP contribution is 2.33. The Morgan fingerprint density at radius 3 is 2.90 bits per heavy atom. The number of nitrogens with zero attached hydrogens (tertiary/aromatic N) is 2. The third-order valence-corrected chi connectivity index (χ3v) is 4.49. The van der Waals surface area contributed by atoms with E-state index in [4.69, 9.17) is 17.3 Å². The molecule has 21 heavy (non-hydrogen) atoms. The number of anilines is 3. The normalized spacial score (nSPS) is 11.0. The van der Waals surface area contributed by atoms with Crippen molar-refractivity contribution < 1.29 is 4.39 Å². The molecule has 0 unspecified atom stereocenters. The summed E-state index contributed by atoms with van der Waals surface area (Å²) < 4.78 is 13.3. The van der Waals surface area contributed by atoms with E-state index in [9.17, 15) is 4.39 Å². The van der Waals surface area contributed by atoms with Crippen molar-refractivity contribution >= 4 is 50.6 Å². The Bertz CT molecular complexity index is 818. The number of nitrogens with two attached hydrogens (primary N) is 1. The minimum absolute atomic E-state index is 0.169. The molecule has 1 aromatic carbocycles. The summed E-state index contributed by atoms with van der Waals surface area (Å²) in [7, 11) is 0. The third kappa shape index (κ3) is 2.77. The topological polar surface area (TPSA) is 63.8 Å². The van der Waals surface area contributed by atoms with Crippen LogP contribution in [0.1, 0.15) is 11.8 Å². The van der Waals surface area contributed by atoms with Crippen LogP contribution in [-0.4, -0.2) is 9.97 Å². The van der Waals surface area contributed by atoms with Gasteiger partial charge in [-0.1, -0.05) is 18.5 Å². The molecule has 2 heterocycles. The number of fused-ring (bicyclic) bond motifs is 1. The van der Waals surface area contributed by atoms with Crippen LogP contribution < -0.4 is 11.1 Å². The summed E-state index contributed by atoms with van der Waals surface area (Å²) >= 11 is 7.63. The van der Waals surface area contributed by atoms with E-state index in [1.54, 1.807) is 11.3 Å². The number of hydrogen-bond acceptors (Lipinski definition) is 5. The first-order chi connectivity index (χ1) is 10.1. The highest BCUT2D eigenvalue weighted by molar-refractivity contribution is 7.18. The molecule has 4 nitrogen and oxygen atoms in total. The van der Waals surface area contributed by atoms with Crippen LogP contribution in [-0.2, 0) is 6.42 Å². The smallest absolute Gasteiger partial charge is 0.223 e. The van der Waals surface area contributed by atoms with E-state index >= 15 is 0 Å². The highest BCUT2D eigenvalue weighted by atomic mass is 35.5. The minimum atomic E-state index is -0.375. The number of halogens is 2. The van der Waals surface area contributed by atoms with Gasteiger partial charge in [-0.25, -0.2) is 9.37 Å². The average Bonchev–Trinajstić information content (AvgIpc) is 2.86. The summed E-state index contributed by atoms with van der Waals surface area (Å²) in [5.74, 6) is 0.322. The molecule has 2 aromatic heterocycles. The molecule has 108 valence electrons. The molecule has 0 saturated carbocycles. The average molecular weight is 323 g/mol. The van der Waals surface area contributed by atoms with E-state index in [-0.39, 0.29) is 11.8 Å². The van der Waals surface area contributed by atoms with E-state index in [2.05, 4.69) is 22.2 Å². The second-order valence-corrected chi connectivity index (χ2v) is 5.99. The van der Waals surface area contributed by atoms with Crippen LogP contribution in [0.15, 0.2) is 24.3 Å². The number of rotatable bonds is 3. The molecule has 0 atom stereocenters. The van der Waals surface area contributed by atoms with E-state index in [1.165, 1.54) is 23.1 Å². The van der Waals surface area contributed by atoms with Crippen LogP contribution in [0.5, 0.6) is 0 Å². The van der Waals surface area contributed by atoms with Crippen LogP contribution >= 0.6 is 22.9 Å². The number of hydrogen-bond donors (Lipinski definition) is 2. The summed E-state index contributed by atoms with van der Waals surface area (Å²) in [5, 5.41) is 4.30. The Morgan fingerprint density at radius 1 is 1.33 bits per heavy atom. The molecule has 3 aromatic rings. The first-order valence-corrected chi connectivity index (χ1v) is 7.54. The summed E-state index contributed by atoms with van der Waals surface area (Å²) in [6, 6.07) is 6.12. The van der Waals surface area contributed by atoms with Crippen LogP contribution in [0, 0.1) is 5.82 Å². The second-order valence-electron chi connectivity index (χ2n) is 4.46. The van der Waals surface area contributed by atoms with Gasteiger partial charge in [0.15, 0.2) is 0 Å². The van der Waals surface area contributed by atoms with Crippen molar-refractivity contribution in [2.45, 2.75) is 13.3 Å². The Kier molecular flexibility index (Phi) is 3.65. The Balaban J connectivity index is 2.11. The Labute approximate surface area is 129 Å². The molecule has 0 fully saturated rings. The molecule has 0 saturated heterocycles. The predicted octanol–water partition coefficient (Wildman–Crippen LogP) is 4.37. The number of thiophene rings is 1. The van der Waals surface area contributed by atoms with Crippen molar-refractivity contribution in [1.82, 2.24) is 9.97 Å². The van der Waals surface area contributed by atoms with Crippen LogP contribution in [0.3, 0.4) is 0 Å². The van der Waals surface area contributed by atoms with Crippen molar-refractivity contribution in [1.29, 1.82) is 0 Å². The van der Waals surface area contributed by atoms with E-state index in [1.807, 2.05) is 6.07 Å². The maximum atomic E-state index is 13.3. The maximum absolute atomic E-state index is 13.3. The van der Waals surface area contributed by atoms with Gasteiger partial charge in [0.05, 0.1) is 16.1 Å². The summed E-state index contributed by atoms with van der Waals surface area (Å²) in [6.07, 6.45) is 0.904. The van der Waals surface area contributed by atoms with Gasteiger partial charge in [0.1, 0.15) is 16.5 Å². The van der Waals surface area contributed by atoms with Gasteiger partial charge in [0.2, 0.25) is 5.95 Å². The van der Waals surface area contributed by atoms with Crippen molar-refractivity contribution in [3.63, 3.8) is 0 Å². The predicted molar refractivity (Wildman–Crippen MR) is 85.9 cm³/mol. The lowest BCUT2D eigenvalue weighted by atomic mass is 10.2. The largest absolute Gasteiger partial charge is 0.368 e. The van der Waals surface area contributed by atoms with E-state index < -0.39 is 0 Å². The molecule has 0 bridgehead atoms. The van der Waals surface area contributed by atoms with Crippen LogP contribution in [0.2, 0.25) is 5.02 Å². The molecule has 0 aliphatic heterocycles. The molecule has 3 rings (SSSR count). The number of aryl methyl sites for hydroxylation is 1. The van der Waals surface area contributed by atoms with Crippen molar-refractivity contribution in [3.8, 4) is 0 Å². The maximum Gasteiger partial charge on any atom is 0.223 e. The lowest BCUT2D eigenvalue weighted by Crippen LogP contribution is -2.00. The first kappa shape index (κ1) is 14.0. The summed E-state index contributed by atoms with van der Waals surface area (Å²) in [5.41, 5.74) is 6.18. The Morgan fingerprint density at radius 2 is 2.14 bits per heavy atom. The number of aromatic nitrogens is 2. The Hall–Kier alpha value is -1.92. The van der Waals surface area contributed by atoms with Crippen molar-refractivity contribution in [2.75, 3.05) is 11.1 Å². The van der Waals surface area contributed by atoms with Gasteiger partial charge in [-0.2, -0.15) is 4.98 Å².